The number of ether oxygens (including phenoxy) is 1. The molecule has 1 atom stereocenters. The smallest absolute Gasteiger partial charge is 0.191 e. The van der Waals surface area contributed by atoms with Gasteiger partial charge in [-0.1, -0.05) is 19.1 Å². The number of benzene rings is 1. The van der Waals surface area contributed by atoms with Crippen molar-refractivity contribution in [3.63, 3.8) is 0 Å². The second kappa shape index (κ2) is 10.1. The van der Waals surface area contributed by atoms with Gasteiger partial charge < -0.3 is 20.3 Å². The van der Waals surface area contributed by atoms with Gasteiger partial charge in [-0.25, -0.2) is 0 Å². The highest BCUT2D eigenvalue weighted by Gasteiger charge is 2.18. The van der Waals surface area contributed by atoms with Crippen LogP contribution < -0.4 is 10.5 Å². The van der Waals surface area contributed by atoms with Gasteiger partial charge >= 0.3 is 0 Å². The van der Waals surface area contributed by atoms with Gasteiger partial charge in [0, 0.05) is 13.1 Å². The van der Waals surface area contributed by atoms with E-state index in [1.54, 1.807) is 7.11 Å². The maximum absolute atomic E-state index is 6.20. The lowest BCUT2D eigenvalue weighted by Gasteiger charge is -2.31. The maximum Gasteiger partial charge on any atom is 0.191 e. The summed E-state index contributed by atoms with van der Waals surface area (Å²) in [6.45, 7) is 5.00. The van der Waals surface area contributed by atoms with Crippen LogP contribution in [0.1, 0.15) is 31.4 Å². The molecule has 0 amide bonds. The number of likely N-dealkylation sites (N-methyl/N-ethyl adjacent to an activating group) is 1. The molecular weight excluding hydrogens is 415 g/mol. The molecule has 1 aliphatic heterocycles. The fraction of sp³-hybridized carbons (Fsp3) is 0.611. The molecule has 24 heavy (non-hydrogen) atoms. The summed E-state index contributed by atoms with van der Waals surface area (Å²) < 4.78 is 5.23. The molecule has 0 aliphatic carbocycles. The molecule has 1 unspecified atom stereocenters. The Kier molecular flexibility index (Phi) is 8.83. The fourth-order valence-electron chi connectivity index (χ4n) is 2.91. The van der Waals surface area contributed by atoms with Crippen LogP contribution in [0.2, 0.25) is 0 Å². The van der Waals surface area contributed by atoms with E-state index in [9.17, 15) is 0 Å². The van der Waals surface area contributed by atoms with Gasteiger partial charge in [-0.15, -0.1) is 24.0 Å². The molecule has 0 radical (unpaired) electrons. The standard InChI is InChI=1S/C18H30N4O.HI/c1-14-9-11-22(12-10-14)18(19)20-13-17(21(2)3)15-5-7-16(23-4)8-6-15;/h5-8,14,17H,9-13H2,1-4H3,(H2,19,20);1H. The third-order valence-corrected chi connectivity index (χ3v) is 4.66. The lowest BCUT2D eigenvalue weighted by atomic mass is 10.00. The van der Waals surface area contributed by atoms with Crippen molar-refractivity contribution in [2.45, 2.75) is 25.8 Å². The average Bonchev–Trinajstić information content (AvgIpc) is 2.55. The Bertz CT molecular complexity index is 510. The van der Waals surface area contributed by atoms with E-state index in [0.717, 1.165) is 24.8 Å². The van der Waals surface area contributed by atoms with Crippen LogP contribution in [0.25, 0.3) is 0 Å². The van der Waals surface area contributed by atoms with Crippen molar-refractivity contribution in [3.8, 4) is 5.75 Å². The molecule has 0 spiro atoms. The van der Waals surface area contributed by atoms with E-state index >= 15 is 0 Å². The molecule has 1 fully saturated rings. The molecule has 5 nitrogen and oxygen atoms in total. The van der Waals surface area contributed by atoms with Crippen molar-refractivity contribution in [2.24, 2.45) is 16.6 Å². The van der Waals surface area contributed by atoms with Gasteiger partial charge in [-0.3, -0.25) is 4.99 Å². The Morgan fingerprint density at radius 3 is 2.38 bits per heavy atom. The van der Waals surface area contributed by atoms with Crippen LogP contribution in [0.3, 0.4) is 0 Å². The molecule has 0 saturated carbocycles. The highest BCUT2D eigenvalue weighted by molar-refractivity contribution is 14.0. The highest BCUT2D eigenvalue weighted by atomic mass is 127. The first-order valence-electron chi connectivity index (χ1n) is 8.36. The van der Waals surface area contributed by atoms with Crippen molar-refractivity contribution in [1.29, 1.82) is 0 Å². The molecule has 6 heteroatoms. The van der Waals surface area contributed by atoms with Crippen molar-refractivity contribution < 1.29 is 4.74 Å². The van der Waals surface area contributed by atoms with E-state index in [1.165, 1.54) is 18.4 Å². The minimum Gasteiger partial charge on any atom is -0.497 e. The maximum atomic E-state index is 6.20. The van der Waals surface area contributed by atoms with E-state index in [4.69, 9.17) is 10.5 Å². The zero-order valence-corrected chi connectivity index (χ0v) is 17.6. The summed E-state index contributed by atoms with van der Waals surface area (Å²) in [5.41, 5.74) is 7.43. The minimum atomic E-state index is 0. The number of rotatable bonds is 5. The first-order valence-corrected chi connectivity index (χ1v) is 8.36. The van der Waals surface area contributed by atoms with Crippen LogP contribution in [0.4, 0.5) is 0 Å². The molecular formula is C18H31IN4O. The number of piperidine rings is 1. The largest absolute Gasteiger partial charge is 0.497 e. The van der Waals surface area contributed by atoms with Crippen molar-refractivity contribution in [3.05, 3.63) is 29.8 Å². The van der Waals surface area contributed by atoms with E-state index < -0.39 is 0 Å². The SMILES string of the molecule is COc1ccc(C(CN=C(N)N2CCC(C)CC2)N(C)C)cc1.I. The van der Waals surface area contributed by atoms with Crippen LogP contribution in [0.15, 0.2) is 29.3 Å². The molecule has 0 bridgehead atoms. The van der Waals surface area contributed by atoms with Gasteiger partial charge in [-0.05, 0) is 50.6 Å². The van der Waals surface area contributed by atoms with Crippen LogP contribution >= 0.6 is 24.0 Å². The second-order valence-corrected chi connectivity index (χ2v) is 6.62. The fourth-order valence-corrected chi connectivity index (χ4v) is 2.91. The molecule has 1 aromatic rings. The number of aliphatic imine (C=N–C) groups is 1. The highest BCUT2D eigenvalue weighted by Crippen LogP contribution is 2.22. The number of nitrogens with zero attached hydrogens (tertiary/aromatic N) is 3. The lowest BCUT2D eigenvalue weighted by molar-refractivity contribution is 0.274. The molecule has 2 rings (SSSR count). The summed E-state index contributed by atoms with van der Waals surface area (Å²) in [7, 11) is 5.83. The second-order valence-electron chi connectivity index (χ2n) is 6.62. The Hall–Kier alpha value is -1.02. The van der Waals surface area contributed by atoms with Crippen molar-refractivity contribution >= 4 is 29.9 Å². The third-order valence-electron chi connectivity index (χ3n) is 4.66. The Balaban J connectivity index is 0.00000288. The average molecular weight is 446 g/mol. The minimum absolute atomic E-state index is 0. The number of guanidine groups is 1. The zero-order chi connectivity index (χ0) is 16.8. The Morgan fingerprint density at radius 2 is 1.88 bits per heavy atom. The number of hydrogen-bond donors (Lipinski definition) is 1. The van der Waals surface area contributed by atoms with E-state index in [1.807, 2.05) is 12.1 Å². The molecule has 2 N–H and O–H groups in total. The predicted molar refractivity (Wildman–Crippen MR) is 111 cm³/mol. The molecule has 136 valence electrons. The van der Waals surface area contributed by atoms with Crippen LogP contribution in [0, 0.1) is 5.92 Å². The molecule has 1 saturated heterocycles. The van der Waals surface area contributed by atoms with Gasteiger partial charge in [-0.2, -0.15) is 0 Å². The van der Waals surface area contributed by atoms with E-state index in [-0.39, 0.29) is 30.0 Å². The number of hydrogen-bond acceptors (Lipinski definition) is 3. The Morgan fingerprint density at radius 1 is 1.29 bits per heavy atom. The van der Waals surface area contributed by atoms with Gasteiger partial charge in [0.15, 0.2) is 5.96 Å². The number of methoxy groups -OCH3 is 1. The van der Waals surface area contributed by atoms with E-state index in [0.29, 0.717) is 12.5 Å². The summed E-state index contributed by atoms with van der Waals surface area (Å²) >= 11 is 0. The molecule has 1 heterocycles. The Labute approximate surface area is 163 Å². The molecule has 1 aliphatic rings. The van der Waals surface area contributed by atoms with Gasteiger partial charge in [0.05, 0.1) is 19.7 Å². The molecule has 1 aromatic carbocycles. The number of halogens is 1. The zero-order valence-electron chi connectivity index (χ0n) is 15.2. The summed E-state index contributed by atoms with van der Waals surface area (Å²) in [6, 6.07) is 8.38. The normalized spacial score (nSPS) is 17.5. The summed E-state index contributed by atoms with van der Waals surface area (Å²) in [4.78, 5) is 9.05. The van der Waals surface area contributed by atoms with Crippen molar-refractivity contribution in [1.82, 2.24) is 9.80 Å². The first kappa shape index (κ1) is 21.0. The van der Waals surface area contributed by atoms with Crippen LogP contribution in [-0.2, 0) is 0 Å². The third kappa shape index (κ3) is 5.81. The topological polar surface area (TPSA) is 54.1 Å². The van der Waals surface area contributed by atoms with E-state index in [2.05, 4.69) is 47.9 Å². The predicted octanol–water partition coefficient (Wildman–Crippen LogP) is 2.96. The number of likely N-dealkylation sites (tertiary alicyclic amines) is 1. The molecule has 0 aromatic heterocycles. The number of nitrogens with two attached hydrogens (primary N) is 1. The van der Waals surface area contributed by atoms with Crippen LogP contribution in [0.5, 0.6) is 5.75 Å². The quantitative estimate of drug-likeness (QED) is 0.430. The van der Waals surface area contributed by atoms with Gasteiger partial charge in [0.2, 0.25) is 0 Å². The van der Waals surface area contributed by atoms with Crippen molar-refractivity contribution in [2.75, 3.05) is 40.8 Å². The van der Waals surface area contributed by atoms with Gasteiger partial charge in [0.25, 0.3) is 0 Å². The lowest BCUT2D eigenvalue weighted by Crippen LogP contribution is -2.43. The summed E-state index contributed by atoms with van der Waals surface area (Å²) in [5.74, 6) is 2.35. The monoisotopic (exact) mass is 446 g/mol. The summed E-state index contributed by atoms with van der Waals surface area (Å²) in [6.07, 6.45) is 2.40. The van der Waals surface area contributed by atoms with Crippen LogP contribution in [-0.4, -0.2) is 56.6 Å². The van der Waals surface area contributed by atoms with Gasteiger partial charge in [0.1, 0.15) is 5.75 Å². The first-order chi connectivity index (χ1) is 11.0. The summed E-state index contributed by atoms with van der Waals surface area (Å²) in [5, 5.41) is 0.